The van der Waals surface area contributed by atoms with Crippen molar-refractivity contribution in [3.05, 3.63) is 29.0 Å². The summed E-state index contributed by atoms with van der Waals surface area (Å²) in [6.45, 7) is 3.95. The summed E-state index contributed by atoms with van der Waals surface area (Å²) in [6.07, 6.45) is 0.436. The van der Waals surface area contributed by atoms with Crippen LogP contribution >= 0.6 is 11.6 Å². The van der Waals surface area contributed by atoms with Crippen LogP contribution in [0, 0.1) is 5.82 Å². The zero-order valence-corrected chi connectivity index (χ0v) is 14.2. The Hall–Kier alpha value is -2.02. The first kappa shape index (κ1) is 18.3. The number of nitrogens with zero attached hydrogens (tertiary/aromatic N) is 2. The van der Waals surface area contributed by atoms with Crippen LogP contribution in [0.15, 0.2) is 18.2 Å². The molecule has 132 valence electrons. The van der Waals surface area contributed by atoms with Crippen LogP contribution in [0.3, 0.4) is 0 Å². The molecule has 0 bridgehead atoms. The highest BCUT2D eigenvalue weighted by molar-refractivity contribution is 6.30. The molecular weight excluding hydrogens is 337 g/mol. The Kier molecular flexibility index (Phi) is 6.25. The predicted molar refractivity (Wildman–Crippen MR) is 90.1 cm³/mol. The van der Waals surface area contributed by atoms with E-state index in [2.05, 4.69) is 5.32 Å². The highest BCUT2D eigenvalue weighted by atomic mass is 35.5. The number of carbonyl (C=O) groups excluding carboxylic acids is 1. The van der Waals surface area contributed by atoms with E-state index in [4.69, 9.17) is 16.7 Å². The number of halogens is 2. The summed E-state index contributed by atoms with van der Waals surface area (Å²) in [7, 11) is 0. The average Bonchev–Trinajstić information content (AvgIpc) is 2.53. The topological polar surface area (TPSA) is 72.9 Å². The van der Waals surface area contributed by atoms with Gasteiger partial charge in [0.2, 0.25) is 0 Å². The van der Waals surface area contributed by atoms with Crippen LogP contribution in [0.25, 0.3) is 0 Å². The first-order chi connectivity index (χ1) is 11.4. The van der Waals surface area contributed by atoms with Crippen molar-refractivity contribution in [1.29, 1.82) is 0 Å². The fraction of sp³-hybridized carbons (Fsp3) is 0.500. The molecule has 0 aromatic heterocycles. The van der Waals surface area contributed by atoms with E-state index in [-0.39, 0.29) is 23.5 Å². The molecular formula is C16H21ClFN3O3. The summed E-state index contributed by atoms with van der Waals surface area (Å²) in [5.74, 6) is -1.33. The van der Waals surface area contributed by atoms with Crippen molar-refractivity contribution < 1.29 is 19.1 Å². The summed E-state index contributed by atoms with van der Waals surface area (Å²) < 4.78 is 13.6. The van der Waals surface area contributed by atoms with E-state index < -0.39 is 11.8 Å². The normalized spacial score (nSPS) is 17.7. The second-order valence-electron chi connectivity index (χ2n) is 5.82. The molecule has 1 aliphatic rings. The monoisotopic (exact) mass is 357 g/mol. The molecule has 1 saturated heterocycles. The fourth-order valence-corrected chi connectivity index (χ4v) is 2.83. The van der Waals surface area contributed by atoms with E-state index in [1.54, 1.807) is 11.0 Å². The Morgan fingerprint density at radius 2 is 2.17 bits per heavy atom. The molecule has 8 heteroatoms. The Morgan fingerprint density at radius 1 is 1.42 bits per heavy atom. The van der Waals surface area contributed by atoms with E-state index in [1.165, 1.54) is 12.1 Å². The molecule has 1 aromatic carbocycles. The number of benzene rings is 1. The molecule has 1 heterocycles. The number of piperazine rings is 1. The number of hydrogen-bond donors (Lipinski definition) is 2. The minimum absolute atomic E-state index is 0.0335. The van der Waals surface area contributed by atoms with Gasteiger partial charge in [-0.1, -0.05) is 11.6 Å². The van der Waals surface area contributed by atoms with Gasteiger partial charge in [0.25, 0.3) is 0 Å². The lowest BCUT2D eigenvalue weighted by Gasteiger charge is -2.41. The van der Waals surface area contributed by atoms with Gasteiger partial charge in [-0.15, -0.1) is 0 Å². The Labute approximate surface area is 145 Å². The van der Waals surface area contributed by atoms with Gasteiger partial charge < -0.3 is 20.2 Å². The van der Waals surface area contributed by atoms with Crippen molar-refractivity contribution in [3.8, 4) is 0 Å². The van der Waals surface area contributed by atoms with E-state index in [0.717, 1.165) is 5.69 Å². The zero-order chi connectivity index (χ0) is 17.7. The maximum absolute atomic E-state index is 13.6. The molecule has 0 spiro atoms. The Morgan fingerprint density at radius 3 is 2.79 bits per heavy atom. The van der Waals surface area contributed by atoms with Gasteiger partial charge in [0, 0.05) is 44.3 Å². The molecule has 24 heavy (non-hydrogen) atoms. The maximum atomic E-state index is 13.6. The molecule has 1 aromatic rings. The third kappa shape index (κ3) is 4.74. The van der Waals surface area contributed by atoms with Gasteiger partial charge in [-0.25, -0.2) is 9.18 Å². The molecule has 2 amide bonds. The fourth-order valence-electron chi connectivity index (χ4n) is 2.71. The summed E-state index contributed by atoms with van der Waals surface area (Å²) >= 11 is 5.70. The predicted octanol–water partition coefficient (Wildman–Crippen LogP) is 2.56. The number of aliphatic carboxylic acids is 1. The minimum atomic E-state index is -0.874. The SMILES string of the molecule is CC1CN(c2ccc(Cl)c(F)c2)CCN1C(=O)NCCCC(=O)O. The summed E-state index contributed by atoms with van der Waals surface area (Å²) in [5, 5.41) is 11.4. The number of carbonyl (C=O) groups is 2. The first-order valence-corrected chi connectivity index (χ1v) is 8.22. The molecule has 1 fully saturated rings. The smallest absolute Gasteiger partial charge is 0.317 e. The van der Waals surface area contributed by atoms with Crippen molar-refractivity contribution in [2.45, 2.75) is 25.8 Å². The zero-order valence-electron chi connectivity index (χ0n) is 13.5. The van der Waals surface area contributed by atoms with Crippen LogP contribution in [-0.4, -0.2) is 54.2 Å². The molecule has 1 aliphatic heterocycles. The minimum Gasteiger partial charge on any atom is -0.481 e. The van der Waals surface area contributed by atoms with Crippen molar-refractivity contribution in [2.24, 2.45) is 0 Å². The third-order valence-electron chi connectivity index (χ3n) is 4.00. The largest absolute Gasteiger partial charge is 0.481 e. The second kappa shape index (κ2) is 8.19. The number of carboxylic acids is 1. The average molecular weight is 358 g/mol. The molecule has 0 saturated carbocycles. The lowest BCUT2D eigenvalue weighted by molar-refractivity contribution is -0.137. The van der Waals surface area contributed by atoms with Gasteiger partial charge in [-0.3, -0.25) is 4.79 Å². The molecule has 1 atom stereocenters. The standard InChI is InChI=1S/C16H21ClFN3O3/c1-11-10-20(12-4-5-13(17)14(18)9-12)7-8-21(11)16(24)19-6-2-3-15(22)23/h4-5,9,11H,2-3,6-8,10H2,1H3,(H,19,24)(H,22,23). The molecule has 0 radical (unpaired) electrons. The summed E-state index contributed by atoms with van der Waals surface area (Å²) in [4.78, 5) is 26.3. The Bertz CT molecular complexity index is 614. The lowest BCUT2D eigenvalue weighted by atomic mass is 10.1. The van der Waals surface area contributed by atoms with Crippen molar-refractivity contribution >= 4 is 29.3 Å². The van der Waals surface area contributed by atoms with Gasteiger partial charge in [0.1, 0.15) is 5.82 Å². The van der Waals surface area contributed by atoms with Crippen molar-refractivity contribution in [3.63, 3.8) is 0 Å². The van der Waals surface area contributed by atoms with Crippen molar-refractivity contribution in [2.75, 3.05) is 31.1 Å². The molecule has 1 unspecified atom stereocenters. The number of amides is 2. The van der Waals surface area contributed by atoms with Gasteiger partial charge in [0.15, 0.2) is 0 Å². The van der Waals surface area contributed by atoms with Gasteiger partial charge in [0.05, 0.1) is 5.02 Å². The van der Waals surface area contributed by atoms with E-state index in [1.807, 2.05) is 11.8 Å². The summed E-state index contributed by atoms with van der Waals surface area (Å²) in [6, 6.07) is 4.45. The van der Waals surface area contributed by atoms with Crippen LogP contribution < -0.4 is 10.2 Å². The second-order valence-corrected chi connectivity index (χ2v) is 6.22. The number of nitrogens with one attached hydrogen (secondary N) is 1. The van der Waals surface area contributed by atoms with Crippen LogP contribution in [-0.2, 0) is 4.79 Å². The van der Waals surface area contributed by atoms with E-state index in [0.29, 0.717) is 32.6 Å². The van der Waals surface area contributed by atoms with Crippen LogP contribution in [0.1, 0.15) is 19.8 Å². The van der Waals surface area contributed by atoms with Gasteiger partial charge in [-0.05, 0) is 31.5 Å². The first-order valence-electron chi connectivity index (χ1n) is 7.84. The molecule has 0 aliphatic carbocycles. The van der Waals surface area contributed by atoms with Crippen LogP contribution in [0.4, 0.5) is 14.9 Å². The molecule has 2 rings (SSSR count). The maximum Gasteiger partial charge on any atom is 0.317 e. The van der Waals surface area contributed by atoms with Crippen molar-refractivity contribution in [1.82, 2.24) is 10.2 Å². The number of hydrogen-bond acceptors (Lipinski definition) is 3. The lowest BCUT2D eigenvalue weighted by Crippen LogP contribution is -2.56. The Balaban J connectivity index is 1.86. The van der Waals surface area contributed by atoms with Crippen LogP contribution in [0.5, 0.6) is 0 Å². The van der Waals surface area contributed by atoms with Gasteiger partial charge >= 0.3 is 12.0 Å². The molecule has 2 N–H and O–H groups in total. The number of carboxylic acid groups (broad SMARTS) is 1. The van der Waals surface area contributed by atoms with Crippen LogP contribution in [0.2, 0.25) is 5.02 Å². The van der Waals surface area contributed by atoms with E-state index >= 15 is 0 Å². The quantitative estimate of drug-likeness (QED) is 0.794. The number of anilines is 1. The summed E-state index contributed by atoms with van der Waals surface area (Å²) in [5.41, 5.74) is 0.741. The third-order valence-corrected chi connectivity index (χ3v) is 4.31. The number of rotatable bonds is 5. The molecule has 6 nitrogen and oxygen atoms in total. The highest BCUT2D eigenvalue weighted by Crippen LogP contribution is 2.24. The highest BCUT2D eigenvalue weighted by Gasteiger charge is 2.27. The van der Waals surface area contributed by atoms with E-state index in [9.17, 15) is 14.0 Å². The number of urea groups is 1. The van der Waals surface area contributed by atoms with Gasteiger partial charge in [-0.2, -0.15) is 0 Å².